The van der Waals surface area contributed by atoms with Gasteiger partial charge in [0.25, 0.3) is 5.91 Å². The molecule has 0 atom stereocenters. The monoisotopic (exact) mass is 473 g/mol. The van der Waals surface area contributed by atoms with Crippen LogP contribution in [-0.2, 0) is 13.0 Å². The van der Waals surface area contributed by atoms with Crippen LogP contribution in [0.4, 0.5) is 14.5 Å². The van der Waals surface area contributed by atoms with Gasteiger partial charge in [-0.15, -0.1) is 0 Å². The predicted octanol–water partition coefficient (Wildman–Crippen LogP) is 5.20. The molecule has 3 rings (SSSR count). The van der Waals surface area contributed by atoms with Crippen molar-refractivity contribution in [2.75, 3.05) is 11.9 Å². The molecule has 0 saturated heterocycles. The Bertz CT molecular complexity index is 1210. The summed E-state index contributed by atoms with van der Waals surface area (Å²) in [4.78, 5) is 17.2. The highest BCUT2D eigenvalue weighted by Crippen LogP contribution is 2.19. The van der Waals surface area contributed by atoms with Crippen LogP contribution in [-0.4, -0.2) is 28.2 Å². The van der Waals surface area contributed by atoms with Crippen molar-refractivity contribution in [2.24, 2.45) is 4.99 Å². The van der Waals surface area contributed by atoms with Crippen LogP contribution in [0, 0.1) is 32.4 Å². The Hall–Kier alpha value is -3.26. The first-order valence-electron chi connectivity index (χ1n) is 10.6. The molecule has 0 aliphatic carbocycles. The number of amides is 1. The van der Waals surface area contributed by atoms with E-state index in [1.807, 2.05) is 25.5 Å². The molecule has 2 aromatic carbocycles. The Morgan fingerprint density at radius 2 is 1.88 bits per heavy atom. The van der Waals surface area contributed by atoms with Crippen LogP contribution in [0.1, 0.15) is 39.8 Å². The van der Waals surface area contributed by atoms with E-state index < -0.39 is 17.5 Å². The fraction of sp³-hybridized carbons (Fsp3) is 0.292. The lowest BCUT2D eigenvalue weighted by Crippen LogP contribution is -2.36. The summed E-state index contributed by atoms with van der Waals surface area (Å²) in [7, 11) is 0. The number of halogens is 3. The molecule has 9 heteroatoms. The maximum Gasteiger partial charge on any atom is 0.258 e. The van der Waals surface area contributed by atoms with Crippen molar-refractivity contribution < 1.29 is 13.6 Å². The zero-order valence-corrected chi connectivity index (χ0v) is 19.7. The Kier molecular flexibility index (Phi) is 7.81. The van der Waals surface area contributed by atoms with Gasteiger partial charge in [-0.3, -0.25) is 19.8 Å². The summed E-state index contributed by atoms with van der Waals surface area (Å²) < 4.78 is 29.4. The summed E-state index contributed by atoms with van der Waals surface area (Å²) in [5.41, 5.74) is 4.14. The third-order valence-corrected chi connectivity index (χ3v) is 5.60. The Morgan fingerprint density at radius 3 is 2.52 bits per heavy atom. The number of benzene rings is 2. The molecule has 0 aliphatic heterocycles. The zero-order chi connectivity index (χ0) is 24.1. The summed E-state index contributed by atoms with van der Waals surface area (Å²) in [5, 5.41) is 10.1. The minimum Gasteiger partial charge on any atom is -0.326 e. The molecule has 1 heterocycles. The van der Waals surface area contributed by atoms with E-state index in [-0.39, 0.29) is 16.5 Å². The Labute approximate surface area is 196 Å². The van der Waals surface area contributed by atoms with Gasteiger partial charge in [0, 0.05) is 30.0 Å². The van der Waals surface area contributed by atoms with Crippen molar-refractivity contribution in [1.29, 1.82) is 0 Å². The van der Waals surface area contributed by atoms with E-state index in [1.165, 1.54) is 36.4 Å². The molecule has 0 aliphatic rings. The average Bonchev–Trinajstić information content (AvgIpc) is 3.05. The highest BCUT2D eigenvalue weighted by molar-refractivity contribution is 6.31. The normalized spacial score (nSPS) is 11.5. The molecule has 0 unspecified atom stereocenters. The fourth-order valence-electron chi connectivity index (χ4n) is 3.42. The highest BCUT2D eigenvalue weighted by atomic mass is 35.5. The van der Waals surface area contributed by atoms with Gasteiger partial charge in [-0.2, -0.15) is 5.10 Å². The largest absolute Gasteiger partial charge is 0.326 e. The van der Waals surface area contributed by atoms with Crippen molar-refractivity contribution in [3.63, 3.8) is 0 Å². The second-order valence-corrected chi connectivity index (χ2v) is 8.02. The molecule has 0 bridgehead atoms. The lowest BCUT2D eigenvalue weighted by Gasteiger charge is -2.13. The highest BCUT2D eigenvalue weighted by Gasteiger charge is 2.13. The van der Waals surface area contributed by atoms with Gasteiger partial charge in [-0.25, -0.2) is 8.78 Å². The Morgan fingerprint density at radius 1 is 1.12 bits per heavy atom. The molecule has 1 amide bonds. The van der Waals surface area contributed by atoms with E-state index >= 15 is 0 Å². The van der Waals surface area contributed by atoms with E-state index in [9.17, 15) is 13.6 Å². The zero-order valence-electron chi connectivity index (χ0n) is 19.0. The van der Waals surface area contributed by atoms with Crippen LogP contribution in [0.15, 0.2) is 41.4 Å². The molecule has 3 aromatic rings. The van der Waals surface area contributed by atoms with Crippen LogP contribution in [0.5, 0.6) is 0 Å². The van der Waals surface area contributed by atoms with Crippen LogP contribution < -0.4 is 10.6 Å². The average molecular weight is 474 g/mol. The lowest BCUT2D eigenvalue weighted by atomic mass is 10.1. The topological polar surface area (TPSA) is 71.3 Å². The Balaban J connectivity index is 1.82. The van der Waals surface area contributed by atoms with Gasteiger partial charge < -0.3 is 5.32 Å². The number of guanidine groups is 1. The second kappa shape index (κ2) is 10.6. The SMILES string of the molecule is CCn1nc(C)c(CCN=C(NC(=O)c2ccc(C)c(F)c2)Nc2ccc(F)c(Cl)c2)c1C. The number of aryl methyl sites for hydroxylation is 3. The van der Waals surface area contributed by atoms with Crippen molar-refractivity contribution in [3.8, 4) is 0 Å². The first-order chi connectivity index (χ1) is 15.7. The van der Waals surface area contributed by atoms with Gasteiger partial charge >= 0.3 is 0 Å². The molecule has 0 saturated carbocycles. The molecular weight excluding hydrogens is 448 g/mol. The fourth-order valence-corrected chi connectivity index (χ4v) is 3.60. The van der Waals surface area contributed by atoms with Gasteiger partial charge in [0.15, 0.2) is 0 Å². The number of nitrogens with one attached hydrogen (secondary N) is 2. The van der Waals surface area contributed by atoms with E-state index in [0.717, 1.165) is 23.5 Å². The predicted molar refractivity (Wildman–Crippen MR) is 127 cm³/mol. The number of rotatable bonds is 6. The lowest BCUT2D eigenvalue weighted by molar-refractivity contribution is 0.0976. The number of hydrogen-bond donors (Lipinski definition) is 2. The van der Waals surface area contributed by atoms with Crippen LogP contribution in [0.25, 0.3) is 0 Å². The van der Waals surface area contributed by atoms with E-state index in [0.29, 0.717) is 24.2 Å². The molecule has 1 aromatic heterocycles. The van der Waals surface area contributed by atoms with Crippen LogP contribution in [0.3, 0.4) is 0 Å². The number of aromatic nitrogens is 2. The molecule has 174 valence electrons. The van der Waals surface area contributed by atoms with Gasteiger partial charge in [0.2, 0.25) is 5.96 Å². The molecule has 33 heavy (non-hydrogen) atoms. The summed E-state index contributed by atoms with van der Waals surface area (Å²) in [6.07, 6.45) is 0.613. The summed E-state index contributed by atoms with van der Waals surface area (Å²) in [6, 6.07) is 8.32. The van der Waals surface area contributed by atoms with E-state index in [1.54, 1.807) is 6.92 Å². The standard InChI is InChI=1S/C24H26ClF2N5O/c1-5-32-16(4)19(15(3)31-32)10-11-28-24(29-18-8-9-21(26)20(25)13-18)30-23(33)17-7-6-14(2)22(27)12-17/h6-9,12-13H,5,10-11H2,1-4H3,(H2,28,29,30,33). The maximum absolute atomic E-state index is 13.9. The maximum atomic E-state index is 13.9. The molecule has 0 fully saturated rings. The number of aliphatic imine (C=N–C) groups is 1. The molecule has 0 radical (unpaired) electrons. The minimum absolute atomic E-state index is 0.0653. The van der Waals surface area contributed by atoms with Gasteiger partial charge in [0.1, 0.15) is 11.6 Å². The van der Waals surface area contributed by atoms with Crippen molar-refractivity contribution in [2.45, 2.75) is 40.7 Å². The van der Waals surface area contributed by atoms with Gasteiger partial charge in [-0.1, -0.05) is 17.7 Å². The van der Waals surface area contributed by atoms with Gasteiger partial charge in [-0.05, 0) is 75.6 Å². The summed E-state index contributed by atoms with van der Waals surface area (Å²) in [5.74, 6) is -1.42. The molecule has 2 N–H and O–H groups in total. The van der Waals surface area contributed by atoms with E-state index in [2.05, 4.69) is 20.7 Å². The second-order valence-electron chi connectivity index (χ2n) is 7.62. The third-order valence-electron chi connectivity index (χ3n) is 5.31. The van der Waals surface area contributed by atoms with Crippen LogP contribution >= 0.6 is 11.6 Å². The smallest absolute Gasteiger partial charge is 0.258 e. The summed E-state index contributed by atoms with van der Waals surface area (Å²) >= 11 is 5.87. The number of nitrogens with zero attached hydrogens (tertiary/aromatic N) is 3. The summed E-state index contributed by atoms with van der Waals surface area (Å²) in [6.45, 7) is 8.74. The van der Waals surface area contributed by atoms with Crippen LogP contribution in [0.2, 0.25) is 5.02 Å². The number of carbonyl (C=O) groups excluding carboxylic acids is 1. The molecule has 6 nitrogen and oxygen atoms in total. The number of carbonyl (C=O) groups is 1. The first-order valence-corrected chi connectivity index (χ1v) is 10.9. The first kappa shape index (κ1) is 24.4. The quantitative estimate of drug-likeness (QED) is 0.382. The number of hydrogen-bond acceptors (Lipinski definition) is 3. The molecule has 0 spiro atoms. The van der Waals surface area contributed by atoms with Crippen molar-refractivity contribution in [1.82, 2.24) is 15.1 Å². The van der Waals surface area contributed by atoms with Gasteiger partial charge in [0.05, 0.1) is 10.7 Å². The minimum atomic E-state index is -0.557. The van der Waals surface area contributed by atoms with E-state index in [4.69, 9.17) is 11.6 Å². The molecular formula is C24H26ClF2N5O. The van der Waals surface area contributed by atoms with Crippen molar-refractivity contribution in [3.05, 3.63) is 81.1 Å². The number of anilines is 1. The van der Waals surface area contributed by atoms with Crippen molar-refractivity contribution >= 4 is 29.2 Å². The third kappa shape index (κ3) is 5.96.